The van der Waals surface area contributed by atoms with E-state index in [0.717, 1.165) is 50.4 Å². The molecule has 0 aliphatic carbocycles. The van der Waals surface area contributed by atoms with Crippen molar-refractivity contribution in [1.82, 2.24) is 15.4 Å². The summed E-state index contributed by atoms with van der Waals surface area (Å²) in [4.78, 5) is 14.4. The first-order chi connectivity index (χ1) is 9.24. The minimum Gasteiger partial charge on any atom is -0.359 e. The quantitative estimate of drug-likeness (QED) is 0.900. The summed E-state index contributed by atoms with van der Waals surface area (Å²) < 4.78 is 5.34. The molecular weight excluding hydrogens is 242 g/mol. The molecule has 104 valence electrons. The van der Waals surface area contributed by atoms with Crippen LogP contribution in [0, 0.1) is 12.8 Å². The number of carbonyl (C=O) groups excluding carboxylic acids is 1. The van der Waals surface area contributed by atoms with E-state index < -0.39 is 0 Å². The minimum absolute atomic E-state index is 0.100. The van der Waals surface area contributed by atoms with Crippen molar-refractivity contribution in [3.8, 4) is 0 Å². The average molecular weight is 263 g/mol. The van der Waals surface area contributed by atoms with E-state index >= 15 is 0 Å². The molecule has 3 rings (SSSR count). The van der Waals surface area contributed by atoms with Gasteiger partial charge in [0, 0.05) is 19.0 Å². The first-order valence-electron chi connectivity index (χ1n) is 7.17. The molecule has 0 spiro atoms. The van der Waals surface area contributed by atoms with E-state index in [1.165, 1.54) is 0 Å². The van der Waals surface area contributed by atoms with Gasteiger partial charge in [0.2, 0.25) is 5.91 Å². The lowest BCUT2D eigenvalue weighted by Gasteiger charge is -2.24. The number of hydrogen-bond donors (Lipinski definition) is 1. The second-order valence-electron chi connectivity index (χ2n) is 5.68. The molecule has 1 aromatic heterocycles. The molecule has 5 nitrogen and oxygen atoms in total. The highest BCUT2D eigenvalue weighted by molar-refractivity contribution is 5.77. The van der Waals surface area contributed by atoms with Gasteiger partial charge in [0.05, 0.1) is 11.7 Å². The maximum absolute atomic E-state index is 12.4. The smallest absolute Gasteiger partial charge is 0.223 e. The van der Waals surface area contributed by atoms with Crippen LogP contribution in [0.5, 0.6) is 0 Å². The van der Waals surface area contributed by atoms with E-state index in [4.69, 9.17) is 4.52 Å². The van der Waals surface area contributed by atoms with Gasteiger partial charge < -0.3 is 14.7 Å². The molecule has 2 fully saturated rings. The van der Waals surface area contributed by atoms with Crippen LogP contribution in [-0.2, 0) is 4.79 Å². The molecular formula is C14H21N3O2. The zero-order valence-corrected chi connectivity index (χ0v) is 11.4. The Labute approximate surface area is 113 Å². The molecule has 1 amide bonds. The van der Waals surface area contributed by atoms with Crippen LogP contribution in [0.15, 0.2) is 10.6 Å². The fourth-order valence-electron chi connectivity index (χ4n) is 3.15. The molecule has 0 radical (unpaired) electrons. The molecule has 1 aromatic rings. The van der Waals surface area contributed by atoms with Gasteiger partial charge in [-0.05, 0) is 45.2 Å². The van der Waals surface area contributed by atoms with Crippen molar-refractivity contribution < 1.29 is 9.32 Å². The summed E-state index contributed by atoms with van der Waals surface area (Å²) in [6.07, 6.45) is 3.82. The highest BCUT2D eigenvalue weighted by Crippen LogP contribution is 2.33. The Bertz CT molecular complexity index is 451. The fourth-order valence-corrected chi connectivity index (χ4v) is 3.15. The van der Waals surface area contributed by atoms with Crippen molar-refractivity contribution in [3.05, 3.63) is 17.5 Å². The van der Waals surface area contributed by atoms with Crippen LogP contribution in [0.4, 0.5) is 0 Å². The van der Waals surface area contributed by atoms with Crippen molar-refractivity contribution in [2.75, 3.05) is 19.6 Å². The molecule has 5 heteroatoms. The van der Waals surface area contributed by atoms with Crippen molar-refractivity contribution in [1.29, 1.82) is 0 Å². The number of carbonyl (C=O) groups is 1. The molecule has 0 aromatic carbocycles. The number of nitrogens with one attached hydrogen (secondary N) is 1. The van der Waals surface area contributed by atoms with E-state index in [0.29, 0.717) is 12.3 Å². The lowest BCUT2D eigenvalue weighted by Crippen LogP contribution is -2.32. The highest BCUT2D eigenvalue weighted by atomic mass is 16.5. The topological polar surface area (TPSA) is 58.4 Å². The predicted molar refractivity (Wildman–Crippen MR) is 70.5 cm³/mol. The minimum atomic E-state index is 0.100. The average Bonchev–Trinajstić information content (AvgIpc) is 3.07. The Hall–Kier alpha value is -1.36. The Morgan fingerprint density at radius 3 is 3.16 bits per heavy atom. The Morgan fingerprint density at radius 1 is 1.58 bits per heavy atom. The van der Waals surface area contributed by atoms with Crippen LogP contribution in [0.1, 0.15) is 43.2 Å². The van der Waals surface area contributed by atoms with Gasteiger partial charge in [-0.25, -0.2) is 0 Å². The summed E-state index contributed by atoms with van der Waals surface area (Å²) in [5.41, 5.74) is 0.884. The van der Waals surface area contributed by atoms with Gasteiger partial charge in [-0.2, -0.15) is 0 Å². The zero-order valence-electron chi connectivity index (χ0n) is 11.4. The van der Waals surface area contributed by atoms with Crippen molar-refractivity contribution in [2.45, 2.75) is 38.6 Å². The molecule has 3 heterocycles. The number of amides is 1. The summed E-state index contributed by atoms with van der Waals surface area (Å²) in [6, 6.07) is 2.05. The Morgan fingerprint density at radius 2 is 2.47 bits per heavy atom. The third-order valence-electron chi connectivity index (χ3n) is 4.17. The summed E-state index contributed by atoms with van der Waals surface area (Å²) in [7, 11) is 0. The normalized spacial score (nSPS) is 27.1. The van der Waals surface area contributed by atoms with Crippen LogP contribution in [0.25, 0.3) is 0 Å². The van der Waals surface area contributed by atoms with E-state index in [1.54, 1.807) is 0 Å². The van der Waals surface area contributed by atoms with Crippen LogP contribution in [0.3, 0.4) is 0 Å². The Kier molecular flexibility index (Phi) is 3.55. The summed E-state index contributed by atoms with van der Waals surface area (Å²) in [6.45, 7) is 4.79. The highest BCUT2D eigenvalue weighted by Gasteiger charge is 2.33. The third kappa shape index (κ3) is 2.66. The van der Waals surface area contributed by atoms with Crippen LogP contribution < -0.4 is 5.32 Å². The number of nitrogens with zero attached hydrogens (tertiary/aromatic N) is 2. The van der Waals surface area contributed by atoms with E-state index in [9.17, 15) is 4.79 Å². The first kappa shape index (κ1) is 12.7. The molecule has 19 heavy (non-hydrogen) atoms. The third-order valence-corrected chi connectivity index (χ3v) is 4.17. The van der Waals surface area contributed by atoms with Crippen molar-refractivity contribution >= 4 is 5.91 Å². The van der Waals surface area contributed by atoms with Gasteiger partial charge in [0.1, 0.15) is 0 Å². The maximum Gasteiger partial charge on any atom is 0.223 e. The van der Waals surface area contributed by atoms with Gasteiger partial charge in [0.15, 0.2) is 5.76 Å². The van der Waals surface area contributed by atoms with Crippen molar-refractivity contribution in [3.63, 3.8) is 0 Å². The monoisotopic (exact) mass is 263 g/mol. The van der Waals surface area contributed by atoms with Gasteiger partial charge in [-0.1, -0.05) is 5.16 Å². The van der Waals surface area contributed by atoms with Gasteiger partial charge in [-0.15, -0.1) is 0 Å². The van der Waals surface area contributed by atoms with Gasteiger partial charge in [0.25, 0.3) is 0 Å². The molecule has 2 aliphatic rings. The molecule has 1 N–H and O–H groups in total. The number of aryl methyl sites for hydroxylation is 1. The zero-order chi connectivity index (χ0) is 13.2. The maximum atomic E-state index is 12.4. The number of hydrogen-bond acceptors (Lipinski definition) is 4. The van der Waals surface area contributed by atoms with E-state index in [2.05, 4.69) is 10.5 Å². The molecule has 2 aliphatic heterocycles. The number of aromatic nitrogens is 1. The summed E-state index contributed by atoms with van der Waals surface area (Å²) >= 11 is 0. The first-order valence-corrected chi connectivity index (χ1v) is 7.17. The van der Waals surface area contributed by atoms with Gasteiger partial charge >= 0.3 is 0 Å². The van der Waals surface area contributed by atoms with E-state index in [-0.39, 0.29) is 11.9 Å². The SMILES string of the molecule is Cc1cc(C2CCCN2C(=O)CC2CCNC2)on1. The molecule has 0 bridgehead atoms. The van der Waals surface area contributed by atoms with Gasteiger partial charge in [-0.3, -0.25) is 4.79 Å². The van der Waals surface area contributed by atoms with Crippen LogP contribution in [-0.4, -0.2) is 35.6 Å². The standard InChI is InChI=1S/C14H21N3O2/c1-10-7-13(19-16-10)12-3-2-6-17(12)14(18)8-11-4-5-15-9-11/h7,11-12,15H,2-6,8-9H2,1H3. The molecule has 0 saturated carbocycles. The van der Waals surface area contributed by atoms with Crippen molar-refractivity contribution in [2.24, 2.45) is 5.92 Å². The fraction of sp³-hybridized carbons (Fsp3) is 0.714. The van der Waals surface area contributed by atoms with Crippen LogP contribution >= 0.6 is 0 Å². The lowest BCUT2D eigenvalue weighted by molar-refractivity contribution is -0.133. The molecule has 2 unspecified atom stereocenters. The molecule has 2 atom stereocenters. The second kappa shape index (κ2) is 5.33. The van der Waals surface area contributed by atoms with Crippen LogP contribution in [0.2, 0.25) is 0 Å². The number of rotatable bonds is 3. The second-order valence-corrected chi connectivity index (χ2v) is 5.68. The predicted octanol–water partition coefficient (Wildman–Crippen LogP) is 1.65. The molecule has 2 saturated heterocycles. The summed E-state index contributed by atoms with van der Waals surface area (Å²) in [5, 5.41) is 7.25. The summed E-state index contributed by atoms with van der Waals surface area (Å²) in [5.74, 6) is 1.61. The van der Waals surface area contributed by atoms with E-state index in [1.807, 2.05) is 17.9 Å². The Balaban J connectivity index is 1.66. The number of likely N-dealkylation sites (tertiary alicyclic amines) is 1. The lowest BCUT2D eigenvalue weighted by atomic mass is 10.0. The largest absolute Gasteiger partial charge is 0.359 e.